The quantitative estimate of drug-likeness (QED) is 0.538. The first-order valence-corrected chi connectivity index (χ1v) is 9.09. The van der Waals surface area contributed by atoms with Crippen LogP contribution in [0.25, 0.3) is 10.8 Å². The third kappa shape index (κ3) is 2.40. The molecule has 0 saturated heterocycles. The van der Waals surface area contributed by atoms with E-state index in [-0.39, 0.29) is 6.79 Å². The summed E-state index contributed by atoms with van der Waals surface area (Å²) in [4.78, 5) is 24.0. The first kappa shape index (κ1) is 17.3. The van der Waals surface area contributed by atoms with Crippen molar-refractivity contribution in [3.63, 3.8) is 0 Å². The van der Waals surface area contributed by atoms with Crippen molar-refractivity contribution in [2.75, 3.05) is 6.79 Å². The van der Waals surface area contributed by atoms with Crippen molar-refractivity contribution in [2.24, 2.45) is 0 Å². The summed E-state index contributed by atoms with van der Waals surface area (Å²) in [6, 6.07) is 3.53. The van der Waals surface area contributed by atoms with Crippen LogP contribution in [0.2, 0.25) is 0 Å². The zero-order valence-electron chi connectivity index (χ0n) is 14.6. The number of carbonyl (C=O) groups excluding carboxylic acids is 2. The van der Waals surface area contributed by atoms with E-state index in [2.05, 4.69) is 4.74 Å². The Kier molecular flexibility index (Phi) is 3.63. The molecule has 0 bridgehead atoms. The molecule has 3 aliphatic rings. The highest BCUT2D eigenvalue weighted by Gasteiger charge is 2.49. The molecule has 0 radical (unpaired) electrons. The van der Waals surface area contributed by atoms with Crippen LogP contribution in [0.5, 0.6) is 11.5 Å². The van der Waals surface area contributed by atoms with Gasteiger partial charge in [0.05, 0.1) is 0 Å². The number of alkyl halides is 3. The first-order chi connectivity index (χ1) is 13.4. The van der Waals surface area contributed by atoms with Gasteiger partial charge in [-0.1, -0.05) is 6.42 Å². The number of ether oxygens (including phenoxy) is 3. The number of halogens is 3. The van der Waals surface area contributed by atoms with Crippen LogP contribution in [0.3, 0.4) is 0 Å². The molecule has 1 unspecified atom stereocenters. The molecule has 1 aliphatic heterocycles. The number of aryl methyl sites for hydroxylation is 1. The smallest absolute Gasteiger partial charge is 0.454 e. The third-order valence-electron chi connectivity index (χ3n) is 5.62. The molecule has 5 nitrogen and oxygen atoms in total. The number of benzene rings is 2. The van der Waals surface area contributed by atoms with E-state index in [1.54, 1.807) is 6.07 Å². The van der Waals surface area contributed by atoms with Crippen LogP contribution in [0, 0.1) is 0 Å². The molecule has 2 aromatic carbocycles. The Bertz CT molecular complexity index is 1040. The predicted octanol–water partition coefficient (Wildman–Crippen LogP) is 4.18. The van der Waals surface area contributed by atoms with Crippen LogP contribution in [0.1, 0.15) is 52.4 Å². The molecule has 2 aliphatic carbocycles. The summed E-state index contributed by atoms with van der Waals surface area (Å²) in [6.45, 7) is 0.0792. The fourth-order valence-corrected chi connectivity index (χ4v) is 4.40. The zero-order chi connectivity index (χ0) is 19.6. The van der Waals surface area contributed by atoms with Crippen molar-refractivity contribution in [1.29, 1.82) is 0 Å². The van der Waals surface area contributed by atoms with E-state index >= 15 is 0 Å². The minimum absolute atomic E-state index is 0.0792. The van der Waals surface area contributed by atoms with Crippen LogP contribution >= 0.6 is 0 Å². The second-order valence-electron chi connectivity index (χ2n) is 7.20. The second-order valence-corrected chi connectivity index (χ2v) is 7.20. The average molecular weight is 392 g/mol. The van der Waals surface area contributed by atoms with Crippen molar-refractivity contribution in [3.8, 4) is 11.5 Å². The highest BCUT2D eigenvalue weighted by atomic mass is 19.4. The lowest BCUT2D eigenvalue weighted by Crippen LogP contribution is -2.37. The third-order valence-corrected chi connectivity index (χ3v) is 5.62. The number of hydrogen-bond acceptors (Lipinski definition) is 5. The molecule has 146 valence electrons. The van der Waals surface area contributed by atoms with Gasteiger partial charge in [-0.3, -0.25) is 4.79 Å². The van der Waals surface area contributed by atoms with Gasteiger partial charge in [0.2, 0.25) is 12.6 Å². The monoisotopic (exact) mass is 392 g/mol. The summed E-state index contributed by atoms with van der Waals surface area (Å²) in [7, 11) is 0. The molecule has 0 spiro atoms. The Balaban J connectivity index is 1.71. The Hall–Kier alpha value is -2.77. The van der Waals surface area contributed by atoms with E-state index in [4.69, 9.17) is 9.47 Å². The van der Waals surface area contributed by atoms with Gasteiger partial charge in [-0.05, 0) is 59.7 Å². The van der Waals surface area contributed by atoms with Gasteiger partial charge in [0, 0.05) is 11.1 Å². The molecule has 5 rings (SSSR count). The minimum atomic E-state index is -5.14. The van der Waals surface area contributed by atoms with Gasteiger partial charge >= 0.3 is 12.1 Å². The van der Waals surface area contributed by atoms with Crippen molar-refractivity contribution in [1.82, 2.24) is 0 Å². The Morgan fingerprint density at radius 1 is 1.00 bits per heavy atom. The maximum Gasteiger partial charge on any atom is 0.490 e. The fourth-order valence-electron chi connectivity index (χ4n) is 4.40. The normalized spacial score (nSPS) is 20.2. The number of hydrogen-bond donors (Lipinski definition) is 0. The van der Waals surface area contributed by atoms with Crippen LogP contribution in [0.15, 0.2) is 12.1 Å². The molecular weight excluding hydrogens is 377 g/mol. The molecule has 0 aromatic heterocycles. The largest absolute Gasteiger partial charge is 0.490 e. The molecule has 28 heavy (non-hydrogen) atoms. The highest BCUT2D eigenvalue weighted by molar-refractivity contribution is 6.20. The Morgan fingerprint density at radius 3 is 2.32 bits per heavy atom. The van der Waals surface area contributed by atoms with Gasteiger partial charge in [-0.25, -0.2) is 4.79 Å². The summed E-state index contributed by atoms with van der Waals surface area (Å²) in [6.07, 6.45) is -2.47. The number of carbonyl (C=O) groups is 2. The predicted molar refractivity (Wildman–Crippen MR) is 90.5 cm³/mol. The fraction of sp³-hybridized carbons (Fsp3) is 0.400. The lowest BCUT2D eigenvalue weighted by molar-refractivity contribution is -0.203. The first-order valence-electron chi connectivity index (χ1n) is 9.09. The molecule has 8 heteroatoms. The van der Waals surface area contributed by atoms with Crippen molar-refractivity contribution in [2.45, 2.75) is 44.4 Å². The summed E-state index contributed by atoms with van der Waals surface area (Å²) in [5.74, 6) is -1.87. The minimum Gasteiger partial charge on any atom is -0.454 e. The van der Waals surface area contributed by atoms with Gasteiger partial charge in [-0.15, -0.1) is 0 Å². The maximum absolute atomic E-state index is 12.7. The molecular formula is C20H15F3O5. The maximum atomic E-state index is 12.7. The average Bonchev–Trinajstić information content (AvgIpc) is 2.96. The molecule has 1 atom stereocenters. The van der Waals surface area contributed by atoms with Crippen molar-refractivity contribution >= 4 is 22.5 Å². The molecule has 2 aromatic rings. The zero-order valence-corrected chi connectivity index (χ0v) is 14.6. The van der Waals surface area contributed by atoms with Gasteiger partial charge < -0.3 is 14.2 Å². The van der Waals surface area contributed by atoms with Gasteiger partial charge in [0.15, 0.2) is 17.6 Å². The molecule has 0 N–H and O–H groups in total. The molecule has 0 fully saturated rings. The summed E-state index contributed by atoms with van der Waals surface area (Å²) >= 11 is 0. The second kappa shape index (κ2) is 5.86. The number of ketones is 1. The van der Waals surface area contributed by atoms with Crippen LogP contribution in [-0.4, -0.2) is 24.7 Å². The van der Waals surface area contributed by atoms with E-state index in [0.29, 0.717) is 34.4 Å². The molecule has 0 saturated carbocycles. The van der Waals surface area contributed by atoms with Crippen molar-refractivity contribution < 1.29 is 37.0 Å². The number of esters is 1. The number of Topliss-reactive ketones (excluding diaryl/α,β-unsaturated/α-hetero) is 1. The van der Waals surface area contributed by atoms with Crippen molar-refractivity contribution in [3.05, 3.63) is 34.4 Å². The van der Waals surface area contributed by atoms with E-state index in [1.165, 1.54) is 0 Å². The van der Waals surface area contributed by atoms with Crippen LogP contribution in [0.4, 0.5) is 13.2 Å². The Labute approximate surface area is 157 Å². The summed E-state index contributed by atoms with van der Waals surface area (Å²) in [5.41, 5.74) is 2.57. The van der Waals surface area contributed by atoms with E-state index < -0.39 is 24.0 Å². The topological polar surface area (TPSA) is 61.8 Å². The standard InChI is InChI=1S/C20H15F3O5/c21-20(22,23)19(25)28-18-16-10-5-3-1-2-4-9(10)11-6-13-14(27-8-26-13)7-12(11)15(16)17(18)24/h6-7,18H,1-5,8H2. The SMILES string of the molecule is O=C1c2c(c3c(c4cc5c(cc24)OCO5)CCCCC3)C1OC(=O)C(F)(F)F. The molecule has 1 heterocycles. The van der Waals surface area contributed by atoms with Gasteiger partial charge in [0.25, 0.3) is 0 Å². The van der Waals surface area contributed by atoms with Gasteiger partial charge in [-0.2, -0.15) is 13.2 Å². The van der Waals surface area contributed by atoms with E-state index in [9.17, 15) is 22.8 Å². The van der Waals surface area contributed by atoms with Crippen LogP contribution in [-0.2, 0) is 22.4 Å². The number of rotatable bonds is 1. The Morgan fingerprint density at radius 2 is 1.64 bits per heavy atom. The molecule has 0 amide bonds. The highest BCUT2D eigenvalue weighted by Crippen LogP contribution is 2.50. The van der Waals surface area contributed by atoms with Gasteiger partial charge in [0.1, 0.15) is 0 Å². The van der Waals surface area contributed by atoms with E-state index in [0.717, 1.165) is 42.2 Å². The number of fused-ring (bicyclic) bond motifs is 7. The lowest BCUT2D eigenvalue weighted by Gasteiger charge is -2.33. The van der Waals surface area contributed by atoms with E-state index in [1.807, 2.05) is 6.07 Å². The summed E-state index contributed by atoms with van der Waals surface area (Å²) < 4.78 is 53.4. The summed E-state index contributed by atoms with van der Waals surface area (Å²) in [5, 5.41) is 1.47. The van der Waals surface area contributed by atoms with Crippen LogP contribution < -0.4 is 9.47 Å². The lowest BCUT2D eigenvalue weighted by atomic mass is 9.74.